The maximum Gasteiger partial charge on any atom is 0.255 e. The number of hydrogen-bond donors (Lipinski definition) is 1. The number of hydrogen-bond acceptors (Lipinski definition) is 2. The van der Waals surface area contributed by atoms with Crippen LogP contribution in [0.3, 0.4) is 0 Å². The van der Waals surface area contributed by atoms with E-state index in [2.05, 4.69) is 16.0 Å². The van der Waals surface area contributed by atoms with Crippen molar-refractivity contribution in [3.8, 4) is 0 Å². The van der Waals surface area contributed by atoms with Gasteiger partial charge in [-0.05, 0) is 50.8 Å². The normalized spacial score (nSPS) is 19.6. The van der Waals surface area contributed by atoms with Crippen molar-refractivity contribution < 1.29 is 0 Å². The standard InChI is InChI=1S/C16H24N2O/c1-17-11-13-10-12-6-5-9-15(12)18(16(13)19)14-7-3-2-4-8-14/h10,14,17H,2-9,11H2,1H3. The zero-order chi connectivity index (χ0) is 13.2. The predicted molar refractivity (Wildman–Crippen MR) is 77.6 cm³/mol. The molecule has 1 N–H and O–H groups in total. The van der Waals surface area contributed by atoms with Gasteiger partial charge < -0.3 is 9.88 Å². The Bertz CT molecular complexity index is 512. The lowest BCUT2D eigenvalue weighted by Gasteiger charge is -2.27. The summed E-state index contributed by atoms with van der Waals surface area (Å²) in [4.78, 5) is 12.7. The molecule has 0 radical (unpaired) electrons. The van der Waals surface area contributed by atoms with Gasteiger partial charge >= 0.3 is 0 Å². The summed E-state index contributed by atoms with van der Waals surface area (Å²) in [6.45, 7) is 0.693. The van der Waals surface area contributed by atoms with Gasteiger partial charge in [0, 0.05) is 23.8 Å². The molecule has 0 bridgehead atoms. The summed E-state index contributed by atoms with van der Waals surface area (Å²) in [5, 5.41) is 3.13. The molecule has 104 valence electrons. The summed E-state index contributed by atoms with van der Waals surface area (Å²) in [6.07, 6.45) is 9.74. The Labute approximate surface area is 115 Å². The van der Waals surface area contributed by atoms with Crippen molar-refractivity contribution in [1.29, 1.82) is 0 Å². The maximum absolute atomic E-state index is 12.7. The molecular formula is C16H24N2O. The first kappa shape index (κ1) is 12.9. The van der Waals surface area contributed by atoms with E-state index in [9.17, 15) is 4.79 Å². The highest BCUT2D eigenvalue weighted by Gasteiger charge is 2.24. The Morgan fingerprint density at radius 2 is 2.00 bits per heavy atom. The molecule has 2 aliphatic carbocycles. The van der Waals surface area contributed by atoms with Crippen LogP contribution in [0.2, 0.25) is 0 Å². The fourth-order valence-corrected chi connectivity index (χ4v) is 3.77. The van der Waals surface area contributed by atoms with Gasteiger partial charge in [0.15, 0.2) is 0 Å². The van der Waals surface area contributed by atoms with E-state index in [4.69, 9.17) is 0 Å². The smallest absolute Gasteiger partial charge is 0.255 e. The van der Waals surface area contributed by atoms with Gasteiger partial charge in [-0.1, -0.05) is 19.3 Å². The van der Waals surface area contributed by atoms with Crippen LogP contribution in [-0.4, -0.2) is 11.6 Å². The van der Waals surface area contributed by atoms with Crippen LogP contribution in [0.1, 0.15) is 61.4 Å². The van der Waals surface area contributed by atoms with Crippen molar-refractivity contribution in [2.75, 3.05) is 7.05 Å². The number of aryl methyl sites for hydroxylation is 1. The molecule has 2 aliphatic rings. The van der Waals surface area contributed by atoms with Crippen LogP contribution in [0.25, 0.3) is 0 Å². The van der Waals surface area contributed by atoms with Crippen molar-refractivity contribution in [3.63, 3.8) is 0 Å². The molecule has 0 unspecified atom stereocenters. The van der Waals surface area contributed by atoms with Crippen LogP contribution in [0.4, 0.5) is 0 Å². The van der Waals surface area contributed by atoms with E-state index < -0.39 is 0 Å². The summed E-state index contributed by atoms with van der Waals surface area (Å²) in [5.41, 5.74) is 3.99. The molecule has 0 atom stereocenters. The Morgan fingerprint density at radius 1 is 1.21 bits per heavy atom. The van der Waals surface area contributed by atoms with Crippen molar-refractivity contribution >= 4 is 0 Å². The summed E-state index contributed by atoms with van der Waals surface area (Å²) < 4.78 is 2.17. The first-order chi connectivity index (χ1) is 9.31. The highest BCUT2D eigenvalue weighted by Crippen LogP contribution is 2.31. The molecule has 1 heterocycles. The molecule has 1 aromatic rings. The molecule has 0 aliphatic heterocycles. The molecule has 3 nitrogen and oxygen atoms in total. The number of nitrogens with one attached hydrogen (secondary N) is 1. The lowest BCUT2D eigenvalue weighted by Crippen LogP contribution is -2.33. The Balaban J connectivity index is 2.07. The van der Waals surface area contributed by atoms with Crippen LogP contribution < -0.4 is 10.9 Å². The quantitative estimate of drug-likeness (QED) is 0.906. The van der Waals surface area contributed by atoms with Crippen molar-refractivity contribution in [1.82, 2.24) is 9.88 Å². The molecule has 1 fully saturated rings. The minimum Gasteiger partial charge on any atom is -0.315 e. The highest BCUT2D eigenvalue weighted by molar-refractivity contribution is 5.31. The fourth-order valence-electron chi connectivity index (χ4n) is 3.77. The van der Waals surface area contributed by atoms with Crippen LogP contribution in [0.15, 0.2) is 10.9 Å². The zero-order valence-corrected chi connectivity index (χ0v) is 11.9. The number of pyridine rings is 1. The molecule has 1 aromatic heterocycles. The maximum atomic E-state index is 12.7. The van der Waals surface area contributed by atoms with Crippen molar-refractivity contribution in [3.05, 3.63) is 33.2 Å². The van der Waals surface area contributed by atoms with Gasteiger partial charge in [0.25, 0.3) is 5.56 Å². The first-order valence-electron chi connectivity index (χ1n) is 7.72. The Hall–Kier alpha value is -1.09. The third-order valence-electron chi connectivity index (χ3n) is 4.67. The molecule has 0 aromatic carbocycles. The van der Waals surface area contributed by atoms with Crippen molar-refractivity contribution in [2.24, 2.45) is 0 Å². The van der Waals surface area contributed by atoms with E-state index in [-0.39, 0.29) is 5.56 Å². The number of aromatic nitrogens is 1. The van der Waals surface area contributed by atoms with E-state index in [1.54, 1.807) is 0 Å². The second kappa shape index (κ2) is 5.49. The lowest BCUT2D eigenvalue weighted by atomic mass is 9.94. The summed E-state index contributed by atoms with van der Waals surface area (Å²) in [5.74, 6) is 0. The predicted octanol–water partition coefficient (Wildman–Crippen LogP) is 2.56. The monoisotopic (exact) mass is 260 g/mol. The summed E-state index contributed by atoms with van der Waals surface area (Å²) in [6, 6.07) is 2.62. The van der Waals surface area contributed by atoms with Gasteiger partial charge in [0.2, 0.25) is 0 Å². The molecule has 0 saturated heterocycles. The largest absolute Gasteiger partial charge is 0.315 e. The van der Waals surface area contributed by atoms with Crippen molar-refractivity contribution in [2.45, 2.75) is 64.0 Å². The van der Waals surface area contributed by atoms with E-state index in [1.807, 2.05) is 7.05 Å². The second-order valence-corrected chi connectivity index (χ2v) is 5.99. The van der Waals surface area contributed by atoms with E-state index >= 15 is 0 Å². The third-order valence-corrected chi connectivity index (χ3v) is 4.67. The molecule has 3 heteroatoms. The molecule has 19 heavy (non-hydrogen) atoms. The van der Waals surface area contributed by atoms with Crippen LogP contribution in [-0.2, 0) is 19.4 Å². The molecular weight excluding hydrogens is 236 g/mol. The van der Waals surface area contributed by atoms with E-state index in [1.165, 1.54) is 49.8 Å². The van der Waals surface area contributed by atoms with Gasteiger partial charge in [-0.3, -0.25) is 4.79 Å². The molecule has 0 amide bonds. The Kier molecular flexibility index (Phi) is 3.74. The van der Waals surface area contributed by atoms with Gasteiger partial charge in [-0.25, -0.2) is 0 Å². The molecule has 3 rings (SSSR count). The van der Waals surface area contributed by atoms with Crippen LogP contribution in [0, 0.1) is 0 Å². The number of rotatable bonds is 3. The number of fused-ring (bicyclic) bond motifs is 1. The second-order valence-electron chi connectivity index (χ2n) is 5.99. The minimum atomic E-state index is 0.266. The van der Waals surface area contributed by atoms with Gasteiger partial charge in [-0.2, -0.15) is 0 Å². The zero-order valence-electron chi connectivity index (χ0n) is 11.9. The molecule has 0 spiro atoms. The van der Waals surface area contributed by atoms with Gasteiger partial charge in [0.05, 0.1) is 0 Å². The number of nitrogens with zero attached hydrogens (tertiary/aromatic N) is 1. The summed E-state index contributed by atoms with van der Waals surface area (Å²) in [7, 11) is 1.91. The Morgan fingerprint density at radius 3 is 2.74 bits per heavy atom. The topological polar surface area (TPSA) is 34.0 Å². The van der Waals surface area contributed by atoms with Crippen LogP contribution >= 0.6 is 0 Å². The average molecular weight is 260 g/mol. The van der Waals surface area contributed by atoms with Gasteiger partial charge in [-0.15, -0.1) is 0 Å². The van der Waals surface area contributed by atoms with E-state index in [0.717, 1.165) is 18.4 Å². The molecule has 1 saturated carbocycles. The summed E-state index contributed by atoms with van der Waals surface area (Å²) >= 11 is 0. The minimum absolute atomic E-state index is 0.266. The van der Waals surface area contributed by atoms with Crippen LogP contribution in [0.5, 0.6) is 0 Å². The fraction of sp³-hybridized carbons (Fsp3) is 0.688. The SMILES string of the molecule is CNCc1cc2c(n(C3CCCCC3)c1=O)CCC2. The third kappa shape index (κ3) is 2.36. The highest BCUT2D eigenvalue weighted by atomic mass is 16.1. The van der Waals surface area contributed by atoms with Gasteiger partial charge in [0.1, 0.15) is 0 Å². The lowest BCUT2D eigenvalue weighted by molar-refractivity contribution is 0.338. The average Bonchev–Trinajstić information content (AvgIpc) is 2.88. The van der Waals surface area contributed by atoms with E-state index in [0.29, 0.717) is 12.6 Å². The first-order valence-corrected chi connectivity index (χ1v) is 7.72.